The molecule has 4 rings (SSSR count). The van der Waals surface area contributed by atoms with Gasteiger partial charge in [-0.1, -0.05) is 12.1 Å². The molecule has 1 aromatic heterocycles. The molecule has 0 bridgehead atoms. The molecule has 0 radical (unpaired) electrons. The second-order valence-electron chi connectivity index (χ2n) is 6.56. The number of nitrogens with zero attached hydrogens (tertiary/aromatic N) is 3. The number of benzene rings is 2. The number of fused-ring (bicyclic) bond motifs is 1. The normalized spacial score (nSPS) is 15.4. The van der Waals surface area contributed by atoms with E-state index < -0.39 is 0 Å². The maximum atomic E-state index is 13.3. The van der Waals surface area contributed by atoms with Crippen molar-refractivity contribution in [2.24, 2.45) is 0 Å². The molecule has 0 amide bonds. The number of aromatic nitrogens is 2. The zero-order valence-corrected chi connectivity index (χ0v) is 15.3. The molecular formula is C21H19FN6. The molecule has 2 heterocycles. The Morgan fingerprint density at radius 1 is 1.11 bits per heavy atom. The van der Waals surface area contributed by atoms with Crippen LogP contribution in [-0.4, -0.2) is 23.6 Å². The summed E-state index contributed by atoms with van der Waals surface area (Å²) in [5.41, 5.74) is 4.32. The Bertz CT molecular complexity index is 1020. The van der Waals surface area contributed by atoms with Crippen LogP contribution in [0.1, 0.15) is 28.3 Å². The van der Waals surface area contributed by atoms with Crippen molar-refractivity contribution in [1.29, 1.82) is 5.26 Å². The van der Waals surface area contributed by atoms with E-state index in [0.29, 0.717) is 18.1 Å². The van der Waals surface area contributed by atoms with E-state index in [1.54, 1.807) is 24.3 Å². The topological polar surface area (TPSA) is 85.7 Å². The van der Waals surface area contributed by atoms with E-state index in [1.807, 2.05) is 19.2 Å². The van der Waals surface area contributed by atoms with Gasteiger partial charge in [0.05, 0.1) is 17.3 Å². The van der Waals surface area contributed by atoms with E-state index in [1.165, 1.54) is 12.1 Å². The van der Waals surface area contributed by atoms with Crippen molar-refractivity contribution >= 4 is 17.5 Å². The van der Waals surface area contributed by atoms with E-state index in [4.69, 9.17) is 10.2 Å². The van der Waals surface area contributed by atoms with Crippen LogP contribution in [0.15, 0.2) is 48.5 Å². The molecule has 3 N–H and O–H groups in total. The quantitative estimate of drug-likeness (QED) is 0.648. The average molecular weight is 374 g/mol. The second kappa shape index (κ2) is 7.62. The number of anilines is 3. The number of halogens is 1. The largest absolute Gasteiger partial charge is 0.373 e. The Morgan fingerprint density at radius 3 is 2.54 bits per heavy atom. The second-order valence-corrected chi connectivity index (χ2v) is 6.56. The third-order valence-electron chi connectivity index (χ3n) is 4.80. The molecule has 6 nitrogen and oxygen atoms in total. The number of nitrogens with one attached hydrogen (secondary N) is 3. The highest BCUT2D eigenvalue weighted by molar-refractivity contribution is 5.60. The summed E-state index contributed by atoms with van der Waals surface area (Å²) in [4.78, 5) is 9.37. The molecule has 0 spiro atoms. The molecule has 0 aliphatic carbocycles. The maximum Gasteiger partial charge on any atom is 0.229 e. The Morgan fingerprint density at radius 2 is 1.86 bits per heavy atom. The third kappa shape index (κ3) is 3.50. The minimum atomic E-state index is -0.255. The molecule has 2 aromatic carbocycles. The van der Waals surface area contributed by atoms with Crippen LogP contribution in [0.3, 0.4) is 0 Å². The van der Waals surface area contributed by atoms with Gasteiger partial charge in [-0.3, -0.25) is 0 Å². The first-order valence-corrected chi connectivity index (χ1v) is 9.00. The van der Waals surface area contributed by atoms with Crippen molar-refractivity contribution in [1.82, 2.24) is 15.3 Å². The molecule has 1 aliphatic heterocycles. The third-order valence-corrected chi connectivity index (χ3v) is 4.80. The zero-order valence-electron chi connectivity index (χ0n) is 15.3. The van der Waals surface area contributed by atoms with Crippen LogP contribution in [0, 0.1) is 17.1 Å². The van der Waals surface area contributed by atoms with Crippen LogP contribution in [-0.2, 0) is 6.54 Å². The van der Waals surface area contributed by atoms with Crippen LogP contribution in [0.4, 0.5) is 21.8 Å². The van der Waals surface area contributed by atoms with E-state index in [-0.39, 0.29) is 11.7 Å². The fourth-order valence-electron chi connectivity index (χ4n) is 3.39. The van der Waals surface area contributed by atoms with Crippen LogP contribution in [0.25, 0.3) is 0 Å². The summed E-state index contributed by atoms with van der Waals surface area (Å²) in [5.74, 6) is 0.970. The van der Waals surface area contributed by atoms with Crippen molar-refractivity contribution in [2.45, 2.75) is 12.5 Å². The first kappa shape index (κ1) is 17.9. The SMILES string of the molecule is CNc1nc(Nc2ccc(C#N)cc2)nc2c1CNCC2c1ccc(F)cc1. The number of hydrogen-bond acceptors (Lipinski definition) is 6. The molecule has 7 heteroatoms. The highest BCUT2D eigenvalue weighted by atomic mass is 19.1. The number of hydrogen-bond donors (Lipinski definition) is 3. The van der Waals surface area contributed by atoms with Crippen LogP contribution < -0.4 is 16.0 Å². The first-order chi connectivity index (χ1) is 13.7. The first-order valence-electron chi connectivity index (χ1n) is 9.00. The van der Waals surface area contributed by atoms with Crippen LogP contribution >= 0.6 is 0 Å². The monoisotopic (exact) mass is 374 g/mol. The minimum Gasteiger partial charge on any atom is -0.373 e. The lowest BCUT2D eigenvalue weighted by atomic mass is 9.89. The molecule has 0 fully saturated rings. The molecule has 1 atom stereocenters. The summed E-state index contributed by atoms with van der Waals surface area (Å²) in [6, 6.07) is 15.8. The highest BCUT2D eigenvalue weighted by Gasteiger charge is 2.27. The van der Waals surface area contributed by atoms with Gasteiger partial charge in [-0.25, -0.2) is 9.37 Å². The molecule has 0 saturated heterocycles. The predicted molar refractivity (Wildman–Crippen MR) is 106 cm³/mol. The predicted octanol–water partition coefficient (Wildman–Crippen LogP) is 3.51. The van der Waals surface area contributed by atoms with Crippen molar-refractivity contribution < 1.29 is 4.39 Å². The smallest absolute Gasteiger partial charge is 0.229 e. The average Bonchev–Trinajstić information content (AvgIpc) is 2.74. The van der Waals surface area contributed by atoms with Crippen molar-refractivity contribution in [2.75, 3.05) is 24.2 Å². The van der Waals surface area contributed by atoms with Gasteiger partial charge in [0, 0.05) is 37.3 Å². The van der Waals surface area contributed by atoms with Crippen molar-refractivity contribution in [3.05, 3.63) is 76.7 Å². The van der Waals surface area contributed by atoms with Gasteiger partial charge in [0.1, 0.15) is 11.6 Å². The van der Waals surface area contributed by atoms with E-state index in [9.17, 15) is 4.39 Å². The van der Waals surface area contributed by atoms with Gasteiger partial charge in [-0.15, -0.1) is 0 Å². The number of nitriles is 1. The fraction of sp³-hybridized carbons (Fsp3) is 0.190. The van der Waals surface area contributed by atoms with Gasteiger partial charge < -0.3 is 16.0 Å². The Hall–Kier alpha value is -3.50. The summed E-state index contributed by atoms with van der Waals surface area (Å²) >= 11 is 0. The molecule has 3 aromatic rings. The lowest BCUT2D eigenvalue weighted by Crippen LogP contribution is -2.31. The van der Waals surface area contributed by atoms with E-state index in [0.717, 1.165) is 34.9 Å². The van der Waals surface area contributed by atoms with Gasteiger partial charge in [-0.2, -0.15) is 10.2 Å². The van der Waals surface area contributed by atoms with Gasteiger partial charge in [0.25, 0.3) is 0 Å². The van der Waals surface area contributed by atoms with Crippen molar-refractivity contribution in [3.63, 3.8) is 0 Å². The van der Waals surface area contributed by atoms with Gasteiger partial charge in [0.2, 0.25) is 5.95 Å². The van der Waals surface area contributed by atoms with E-state index >= 15 is 0 Å². The Kier molecular flexibility index (Phi) is 4.87. The standard InChI is InChI=1S/C21H19FN6/c1-24-20-18-12-25-11-17(14-4-6-15(22)7-5-14)19(18)27-21(28-20)26-16-8-2-13(10-23)3-9-16/h2-9,17,25H,11-12H2,1H3,(H2,24,26,27,28). The van der Waals surface area contributed by atoms with E-state index in [2.05, 4.69) is 27.0 Å². The number of rotatable bonds is 4. The lowest BCUT2D eigenvalue weighted by molar-refractivity contribution is 0.573. The summed E-state index contributed by atoms with van der Waals surface area (Å²) < 4.78 is 13.3. The zero-order chi connectivity index (χ0) is 19.5. The molecular weight excluding hydrogens is 355 g/mol. The molecule has 1 unspecified atom stereocenters. The maximum absolute atomic E-state index is 13.3. The fourth-order valence-corrected chi connectivity index (χ4v) is 3.39. The summed E-state index contributed by atoms with van der Waals surface area (Å²) in [5, 5.41) is 18.7. The molecule has 140 valence electrons. The summed E-state index contributed by atoms with van der Waals surface area (Å²) in [6.07, 6.45) is 0. The Balaban J connectivity index is 1.72. The van der Waals surface area contributed by atoms with Gasteiger partial charge >= 0.3 is 0 Å². The summed E-state index contributed by atoms with van der Waals surface area (Å²) in [7, 11) is 1.83. The molecule has 0 saturated carbocycles. The molecule has 1 aliphatic rings. The lowest BCUT2D eigenvalue weighted by Gasteiger charge is -2.27. The highest BCUT2D eigenvalue weighted by Crippen LogP contribution is 2.33. The van der Waals surface area contributed by atoms with Gasteiger partial charge in [-0.05, 0) is 42.0 Å². The minimum absolute atomic E-state index is 0.000893. The van der Waals surface area contributed by atoms with Crippen LogP contribution in [0.5, 0.6) is 0 Å². The Labute approximate surface area is 162 Å². The van der Waals surface area contributed by atoms with Gasteiger partial charge in [0.15, 0.2) is 0 Å². The van der Waals surface area contributed by atoms with Crippen molar-refractivity contribution in [3.8, 4) is 6.07 Å². The summed E-state index contributed by atoms with van der Waals surface area (Å²) in [6.45, 7) is 1.38. The molecule has 28 heavy (non-hydrogen) atoms. The van der Waals surface area contributed by atoms with Crippen LogP contribution in [0.2, 0.25) is 0 Å².